The van der Waals surface area contributed by atoms with Gasteiger partial charge in [-0.05, 0) is 57.8 Å². The smallest absolute Gasteiger partial charge is 0.0319 e. The first-order valence-electron chi connectivity index (χ1n) is 6.12. The number of hydrogen-bond donors (Lipinski definition) is 0. The lowest BCUT2D eigenvalue weighted by molar-refractivity contribution is 0.692. The Labute approximate surface area is 89.1 Å². The lowest BCUT2D eigenvalue weighted by Crippen LogP contribution is -1.79. The third-order valence-electron chi connectivity index (χ3n) is 2.66. The van der Waals surface area contributed by atoms with Crippen LogP contribution in [0.4, 0.5) is 0 Å². The molecule has 14 heavy (non-hydrogen) atoms. The predicted octanol–water partition coefficient (Wildman–Crippen LogP) is 4.83. The van der Waals surface area contributed by atoms with Crippen LogP contribution >= 0.6 is 0 Å². The molecule has 1 aliphatic rings. The average Bonchev–Trinajstić information content (AvgIpc) is 2.22. The van der Waals surface area contributed by atoms with Gasteiger partial charge >= 0.3 is 0 Å². The topological polar surface area (TPSA) is 0 Å². The molecule has 0 saturated carbocycles. The Morgan fingerprint density at radius 2 is 1.14 bits per heavy atom. The zero-order valence-electron chi connectivity index (χ0n) is 9.25. The van der Waals surface area contributed by atoms with Crippen molar-refractivity contribution in [3.05, 3.63) is 30.7 Å². The van der Waals surface area contributed by atoms with Crippen molar-refractivity contribution >= 4 is 0 Å². The fourth-order valence-corrected chi connectivity index (χ4v) is 1.75. The van der Waals surface area contributed by atoms with Gasteiger partial charge in [0.2, 0.25) is 0 Å². The van der Waals surface area contributed by atoms with Crippen molar-refractivity contribution in [3.8, 4) is 0 Å². The van der Waals surface area contributed by atoms with Gasteiger partial charge < -0.3 is 0 Å². The van der Waals surface area contributed by atoms with Crippen LogP contribution in [0.3, 0.4) is 0 Å². The lowest BCUT2D eigenvalue weighted by Gasteiger charge is -1.98. The van der Waals surface area contributed by atoms with Gasteiger partial charge in [0.15, 0.2) is 0 Å². The summed E-state index contributed by atoms with van der Waals surface area (Å²) in [6.07, 6.45) is 23.5. The van der Waals surface area contributed by atoms with Gasteiger partial charge in [0.25, 0.3) is 0 Å². The molecule has 0 atom stereocenters. The van der Waals surface area contributed by atoms with Crippen LogP contribution in [0.2, 0.25) is 0 Å². The summed E-state index contributed by atoms with van der Waals surface area (Å²) in [6.45, 7) is 0. The Morgan fingerprint density at radius 1 is 0.500 bits per heavy atom. The van der Waals surface area contributed by atoms with Crippen LogP contribution < -0.4 is 0 Å². The molecule has 0 spiro atoms. The predicted molar refractivity (Wildman–Crippen MR) is 64.1 cm³/mol. The Bertz CT molecular complexity index is 129. The fourth-order valence-electron chi connectivity index (χ4n) is 1.75. The van der Waals surface area contributed by atoms with E-state index < -0.39 is 0 Å². The van der Waals surface area contributed by atoms with E-state index in [9.17, 15) is 0 Å². The van der Waals surface area contributed by atoms with Crippen LogP contribution in [0.25, 0.3) is 0 Å². The van der Waals surface area contributed by atoms with Crippen molar-refractivity contribution in [3.63, 3.8) is 0 Å². The summed E-state index contributed by atoms with van der Waals surface area (Å²) >= 11 is 0. The van der Waals surface area contributed by atoms with E-state index in [1.165, 1.54) is 57.8 Å². The van der Waals surface area contributed by atoms with Gasteiger partial charge in [-0.15, -0.1) is 0 Å². The molecule has 0 bridgehead atoms. The second kappa shape index (κ2) is 9.05. The lowest BCUT2D eigenvalue weighted by atomic mass is 10.1. The summed E-state index contributed by atoms with van der Waals surface area (Å²) in [6, 6.07) is 0. The second-order valence-electron chi connectivity index (χ2n) is 4.04. The summed E-state index contributed by atoms with van der Waals surface area (Å²) in [5.74, 6) is 0. The van der Waals surface area contributed by atoms with Crippen molar-refractivity contribution in [2.45, 2.75) is 57.8 Å². The first kappa shape index (κ1) is 11.6. The molecule has 0 N–H and O–H groups in total. The van der Waals surface area contributed by atoms with Crippen molar-refractivity contribution < 1.29 is 0 Å². The fraction of sp³-hybridized carbons (Fsp3) is 0.643. The minimum absolute atomic E-state index is 1.17. The van der Waals surface area contributed by atoms with Crippen molar-refractivity contribution in [2.75, 3.05) is 0 Å². The summed E-state index contributed by atoms with van der Waals surface area (Å²) in [7, 11) is 0. The third kappa shape index (κ3) is 6.94. The van der Waals surface area contributed by atoms with Crippen LogP contribution in [0.15, 0.2) is 24.3 Å². The first-order chi connectivity index (χ1) is 7.00. The van der Waals surface area contributed by atoms with E-state index in [1.807, 2.05) is 0 Å². The van der Waals surface area contributed by atoms with Gasteiger partial charge in [-0.2, -0.15) is 0 Å². The Kier molecular flexibility index (Phi) is 7.47. The molecule has 0 amide bonds. The van der Waals surface area contributed by atoms with E-state index in [0.29, 0.717) is 0 Å². The normalized spacial score (nSPS) is 26.3. The summed E-state index contributed by atoms with van der Waals surface area (Å²) < 4.78 is 0. The monoisotopic (exact) mass is 191 g/mol. The van der Waals surface area contributed by atoms with Crippen LogP contribution in [0, 0.1) is 6.42 Å². The quantitative estimate of drug-likeness (QED) is 0.481. The Balaban J connectivity index is 2.15. The van der Waals surface area contributed by atoms with E-state index in [2.05, 4.69) is 30.7 Å². The van der Waals surface area contributed by atoms with E-state index in [0.717, 1.165) is 0 Å². The molecule has 79 valence electrons. The molecule has 1 radical (unpaired) electrons. The van der Waals surface area contributed by atoms with Gasteiger partial charge in [0, 0.05) is 0 Å². The summed E-state index contributed by atoms with van der Waals surface area (Å²) in [5, 5.41) is 0. The van der Waals surface area contributed by atoms with Crippen LogP contribution in [-0.2, 0) is 0 Å². The average molecular weight is 191 g/mol. The maximum absolute atomic E-state index is 2.40. The molecule has 1 aliphatic carbocycles. The highest BCUT2D eigenvalue weighted by molar-refractivity contribution is 4.88. The highest BCUT2D eigenvalue weighted by Gasteiger charge is 1.89. The maximum atomic E-state index is 2.40. The highest BCUT2D eigenvalue weighted by atomic mass is 14.0. The van der Waals surface area contributed by atoms with E-state index >= 15 is 0 Å². The molecule has 0 fully saturated rings. The van der Waals surface area contributed by atoms with Gasteiger partial charge in [-0.1, -0.05) is 30.7 Å². The summed E-state index contributed by atoms with van der Waals surface area (Å²) in [5.41, 5.74) is 0. The minimum Gasteiger partial charge on any atom is -0.0885 e. The molecular weight excluding hydrogens is 168 g/mol. The van der Waals surface area contributed by atoms with Crippen molar-refractivity contribution in [2.24, 2.45) is 0 Å². The van der Waals surface area contributed by atoms with E-state index in [-0.39, 0.29) is 0 Å². The van der Waals surface area contributed by atoms with Crippen LogP contribution in [0.5, 0.6) is 0 Å². The number of hydrogen-bond acceptors (Lipinski definition) is 0. The van der Waals surface area contributed by atoms with Crippen LogP contribution in [0.1, 0.15) is 57.8 Å². The molecule has 0 aromatic carbocycles. The largest absolute Gasteiger partial charge is 0.0885 e. The van der Waals surface area contributed by atoms with Gasteiger partial charge in [-0.25, -0.2) is 0 Å². The summed E-state index contributed by atoms with van der Waals surface area (Å²) in [4.78, 5) is 0. The molecule has 0 unspecified atom stereocenters. The molecule has 0 saturated heterocycles. The maximum Gasteiger partial charge on any atom is -0.0319 e. The zero-order valence-corrected chi connectivity index (χ0v) is 9.25. The van der Waals surface area contributed by atoms with Gasteiger partial charge in [0.05, 0.1) is 0 Å². The number of allylic oxidation sites excluding steroid dienone is 4. The second-order valence-corrected chi connectivity index (χ2v) is 4.04. The van der Waals surface area contributed by atoms with E-state index in [4.69, 9.17) is 0 Å². The van der Waals surface area contributed by atoms with Gasteiger partial charge in [0.1, 0.15) is 0 Å². The van der Waals surface area contributed by atoms with Gasteiger partial charge in [-0.3, -0.25) is 0 Å². The molecule has 1 rings (SSSR count). The third-order valence-corrected chi connectivity index (χ3v) is 2.66. The molecule has 0 aliphatic heterocycles. The van der Waals surface area contributed by atoms with E-state index in [1.54, 1.807) is 0 Å². The standard InChI is InChI=1S/C14H23/c1-2-4-6-8-10-12-14-13-11-9-7-5-3-1/h1-2,5,13-14H,3-4,6-12H2/b2-1-,14-13-. The highest BCUT2D eigenvalue weighted by Crippen LogP contribution is 2.08. The first-order valence-corrected chi connectivity index (χ1v) is 6.12. The molecular formula is C14H23. The SMILES string of the molecule is [CH]1C/C=C\CCCCC/C=C\CCC1. The zero-order chi connectivity index (χ0) is 9.90. The Morgan fingerprint density at radius 3 is 1.93 bits per heavy atom. The van der Waals surface area contributed by atoms with Crippen molar-refractivity contribution in [1.29, 1.82) is 0 Å². The van der Waals surface area contributed by atoms with Crippen molar-refractivity contribution in [1.82, 2.24) is 0 Å². The molecule has 0 aromatic rings. The molecule has 0 heteroatoms. The Hall–Kier alpha value is -0.520. The molecule has 0 aromatic heterocycles. The van der Waals surface area contributed by atoms with Crippen LogP contribution in [-0.4, -0.2) is 0 Å². The molecule has 0 heterocycles. The molecule has 0 nitrogen and oxygen atoms in total. The minimum atomic E-state index is 1.17. The number of rotatable bonds is 0.